The van der Waals surface area contributed by atoms with Crippen molar-refractivity contribution < 1.29 is 4.79 Å². The number of pyridine rings is 1. The molecular weight excluding hydrogens is 252 g/mol. The van der Waals surface area contributed by atoms with Crippen molar-refractivity contribution in [2.75, 3.05) is 18.8 Å². The van der Waals surface area contributed by atoms with Crippen LogP contribution in [0.3, 0.4) is 0 Å². The van der Waals surface area contributed by atoms with Gasteiger partial charge in [0.1, 0.15) is 5.82 Å². The van der Waals surface area contributed by atoms with Crippen molar-refractivity contribution in [3.05, 3.63) is 22.8 Å². The third-order valence-electron chi connectivity index (χ3n) is 3.46. The van der Waals surface area contributed by atoms with Crippen LogP contribution >= 0.6 is 11.6 Å². The molecule has 1 saturated heterocycles. The van der Waals surface area contributed by atoms with Crippen molar-refractivity contribution in [1.29, 1.82) is 0 Å². The summed E-state index contributed by atoms with van der Waals surface area (Å²) >= 11 is 6.07. The first-order valence-corrected chi connectivity index (χ1v) is 6.22. The van der Waals surface area contributed by atoms with E-state index in [1.807, 2.05) is 6.92 Å². The molecule has 1 amide bonds. The number of primary amides is 1. The van der Waals surface area contributed by atoms with Crippen LogP contribution in [0.1, 0.15) is 19.0 Å². The SMILES string of the molecule is CC1(C(N)=O)CCN(Cc2nc(N)ccc2Cl)C1. The second kappa shape index (κ2) is 4.74. The van der Waals surface area contributed by atoms with E-state index >= 15 is 0 Å². The molecule has 0 bridgehead atoms. The number of rotatable bonds is 3. The van der Waals surface area contributed by atoms with E-state index in [-0.39, 0.29) is 5.91 Å². The summed E-state index contributed by atoms with van der Waals surface area (Å²) in [5, 5.41) is 0.594. The lowest BCUT2D eigenvalue weighted by Crippen LogP contribution is -2.37. The highest BCUT2D eigenvalue weighted by Gasteiger charge is 2.38. The Labute approximate surface area is 111 Å². The number of aromatic nitrogens is 1. The molecule has 1 aromatic heterocycles. The molecular formula is C12H17ClN4O. The Bertz CT molecular complexity index is 479. The van der Waals surface area contributed by atoms with Crippen LogP contribution in [0.2, 0.25) is 5.02 Å². The van der Waals surface area contributed by atoms with Gasteiger partial charge in [-0.2, -0.15) is 0 Å². The molecule has 1 atom stereocenters. The predicted octanol–water partition coefficient (Wildman–Crippen LogP) is 1.01. The molecule has 5 nitrogen and oxygen atoms in total. The van der Waals surface area contributed by atoms with Gasteiger partial charge in [0.15, 0.2) is 0 Å². The van der Waals surface area contributed by atoms with Crippen LogP contribution in [0.5, 0.6) is 0 Å². The van der Waals surface area contributed by atoms with Crippen LogP contribution in [0.15, 0.2) is 12.1 Å². The standard InChI is InChI=1S/C12H17ClN4O/c1-12(11(15)18)4-5-17(7-12)6-9-8(13)2-3-10(14)16-9/h2-3H,4-7H2,1H3,(H2,14,16)(H2,15,18). The number of amides is 1. The van der Waals surface area contributed by atoms with Crippen LogP contribution < -0.4 is 11.5 Å². The molecule has 2 heterocycles. The van der Waals surface area contributed by atoms with Gasteiger partial charge in [-0.15, -0.1) is 0 Å². The second-order valence-electron chi connectivity index (χ2n) is 5.05. The Hall–Kier alpha value is -1.33. The van der Waals surface area contributed by atoms with E-state index in [1.165, 1.54) is 0 Å². The van der Waals surface area contributed by atoms with Crippen LogP contribution in [0, 0.1) is 5.41 Å². The minimum atomic E-state index is -0.452. The molecule has 2 rings (SSSR count). The molecule has 0 aliphatic carbocycles. The van der Waals surface area contributed by atoms with Gasteiger partial charge in [-0.3, -0.25) is 9.69 Å². The van der Waals surface area contributed by atoms with Gasteiger partial charge in [0, 0.05) is 13.1 Å². The summed E-state index contributed by atoms with van der Waals surface area (Å²) < 4.78 is 0. The lowest BCUT2D eigenvalue weighted by molar-refractivity contribution is -0.126. The summed E-state index contributed by atoms with van der Waals surface area (Å²) in [6.45, 7) is 3.93. The molecule has 1 unspecified atom stereocenters. The molecule has 0 saturated carbocycles. The number of nitrogen functional groups attached to an aromatic ring is 1. The maximum atomic E-state index is 11.4. The number of carbonyl (C=O) groups excluding carboxylic acids is 1. The van der Waals surface area contributed by atoms with Crippen LogP contribution in [-0.4, -0.2) is 28.9 Å². The molecule has 0 aromatic carbocycles. The number of nitrogens with zero attached hydrogens (tertiary/aromatic N) is 2. The van der Waals surface area contributed by atoms with Crippen molar-refractivity contribution in [3.8, 4) is 0 Å². The minimum absolute atomic E-state index is 0.253. The number of hydrogen-bond donors (Lipinski definition) is 2. The van der Waals surface area contributed by atoms with Crippen molar-refractivity contribution in [3.63, 3.8) is 0 Å². The lowest BCUT2D eigenvalue weighted by atomic mass is 9.89. The quantitative estimate of drug-likeness (QED) is 0.857. The Morgan fingerprint density at radius 1 is 1.61 bits per heavy atom. The number of hydrogen-bond acceptors (Lipinski definition) is 4. The molecule has 1 aromatic rings. The summed E-state index contributed by atoms with van der Waals surface area (Å²) in [5.41, 5.74) is 11.3. The van der Waals surface area contributed by atoms with Crippen molar-refractivity contribution in [2.24, 2.45) is 11.1 Å². The maximum absolute atomic E-state index is 11.4. The summed E-state index contributed by atoms with van der Waals surface area (Å²) in [6.07, 6.45) is 0.766. The van der Waals surface area contributed by atoms with Gasteiger partial charge in [-0.25, -0.2) is 4.98 Å². The highest BCUT2D eigenvalue weighted by molar-refractivity contribution is 6.31. The predicted molar refractivity (Wildman–Crippen MR) is 70.9 cm³/mol. The van der Waals surface area contributed by atoms with E-state index in [2.05, 4.69) is 9.88 Å². The average Bonchev–Trinajstić information content (AvgIpc) is 2.67. The zero-order chi connectivity index (χ0) is 13.3. The van der Waals surface area contributed by atoms with Gasteiger partial charge in [0.2, 0.25) is 5.91 Å². The number of anilines is 1. The van der Waals surface area contributed by atoms with E-state index in [0.717, 1.165) is 18.7 Å². The van der Waals surface area contributed by atoms with Crippen LogP contribution in [0.4, 0.5) is 5.82 Å². The Kier molecular flexibility index (Phi) is 3.45. The topological polar surface area (TPSA) is 85.2 Å². The molecule has 0 spiro atoms. The van der Waals surface area contributed by atoms with Crippen LogP contribution in [0.25, 0.3) is 0 Å². The number of likely N-dealkylation sites (tertiary alicyclic amines) is 1. The largest absolute Gasteiger partial charge is 0.384 e. The molecule has 1 aliphatic rings. The number of carbonyl (C=O) groups is 1. The fourth-order valence-corrected chi connectivity index (χ4v) is 2.38. The zero-order valence-corrected chi connectivity index (χ0v) is 11.1. The fraction of sp³-hybridized carbons (Fsp3) is 0.500. The summed E-state index contributed by atoms with van der Waals surface area (Å²) in [7, 11) is 0. The van der Waals surface area contributed by atoms with Gasteiger partial charge < -0.3 is 11.5 Å². The lowest BCUT2D eigenvalue weighted by Gasteiger charge is -2.21. The first kappa shape index (κ1) is 13.1. The average molecular weight is 269 g/mol. The first-order valence-electron chi connectivity index (χ1n) is 5.84. The molecule has 1 aliphatic heterocycles. The molecule has 6 heteroatoms. The minimum Gasteiger partial charge on any atom is -0.384 e. The molecule has 0 radical (unpaired) electrons. The molecule has 18 heavy (non-hydrogen) atoms. The van der Waals surface area contributed by atoms with Gasteiger partial charge in [-0.1, -0.05) is 11.6 Å². The van der Waals surface area contributed by atoms with Gasteiger partial charge in [-0.05, 0) is 32.0 Å². The van der Waals surface area contributed by atoms with Gasteiger partial charge in [0.05, 0.1) is 16.1 Å². The monoisotopic (exact) mass is 268 g/mol. The van der Waals surface area contributed by atoms with Gasteiger partial charge in [0.25, 0.3) is 0 Å². The van der Waals surface area contributed by atoms with E-state index in [1.54, 1.807) is 12.1 Å². The Morgan fingerprint density at radius 3 is 2.94 bits per heavy atom. The van der Waals surface area contributed by atoms with E-state index in [0.29, 0.717) is 23.9 Å². The van der Waals surface area contributed by atoms with E-state index < -0.39 is 5.41 Å². The number of halogens is 1. The Balaban J connectivity index is 2.08. The van der Waals surface area contributed by atoms with E-state index in [4.69, 9.17) is 23.1 Å². The Morgan fingerprint density at radius 2 is 2.33 bits per heavy atom. The molecule has 4 N–H and O–H groups in total. The molecule has 98 valence electrons. The van der Waals surface area contributed by atoms with Crippen molar-refractivity contribution in [2.45, 2.75) is 19.9 Å². The van der Waals surface area contributed by atoms with Crippen molar-refractivity contribution in [1.82, 2.24) is 9.88 Å². The highest BCUT2D eigenvalue weighted by Crippen LogP contribution is 2.31. The van der Waals surface area contributed by atoms with Gasteiger partial charge >= 0.3 is 0 Å². The second-order valence-corrected chi connectivity index (χ2v) is 5.46. The third-order valence-corrected chi connectivity index (χ3v) is 3.80. The third kappa shape index (κ3) is 2.57. The van der Waals surface area contributed by atoms with Crippen LogP contribution in [-0.2, 0) is 11.3 Å². The molecule has 1 fully saturated rings. The first-order chi connectivity index (χ1) is 8.40. The summed E-state index contributed by atoms with van der Waals surface area (Å²) in [5.74, 6) is 0.197. The normalized spacial score (nSPS) is 24.3. The zero-order valence-electron chi connectivity index (χ0n) is 10.3. The van der Waals surface area contributed by atoms with Crippen molar-refractivity contribution >= 4 is 23.3 Å². The highest BCUT2D eigenvalue weighted by atomic mass is 35.5. The van der Waals surface area contributed by atoms with E-state index in [9.17, 15) is 4.79 Å². The number of nitrogens with two attached hydrogens (primary N) is 2. The summed E-state index contributed by atoms with van der Waals surface area (Å²) in [4.78, 5) is 17.7. The fourth-order valence-electron chi connectivity index (χ4n) is 2.22. The smallest absolute Gasteiger partial charge is 0.224 e. The maximum Gasteiger partial charge on any atom is 0.224 e. The summed E-state index contributed by atoms with van der Waals surface area (Å²) in [6, 6.07) is 3.41.